The number of benzene rings is 1. The van der Waals surface area contributed by atoms with Crippen LogP contribution >= 0.6 is 0 Å². The fraction of sp³-hybridized carbons (Fsp3) is 0.357. The van der Waals surface area contributed by atoms with Gasteiger partial charge < -0.3 is 4.90 Å². The molecule has 1 aliphatic rings. The molecule has 2 rings (SSSR count). The molecular formula is C14H16FNO. The Morgan fingerprint density at radius 2 is 2.12 bits per heavy atom. The van der Waals surface area contributed by atoms with Crippen LogP contribution in [0, 0.1) is 5.82 Å². The first kappa shape index (κ1) is 11.8. The molecule has 1 amide bonds. The second-order valence-corrected chi connectivity index (χ2v) is 4.56. The van der Waals surface area contributed by atoms with Gasteiger partial charge in [0.2, 0.25) is 5.91 Å². The van der Waals surface area contributed by atoms with Gasteiger partial charge in [-0.25, -0.2) is 4.39 Å². The maximum atomic E-state index is 13.2. The minimum atomic E-state index is -0.242. The van der Waals surface area contributed by atoms with E-state index in [0.29, 0.717) is 0 Å². The number of halogens is 1. The van der Waals surface area contributed by atoms with Gasteiger partial charge in [-0.3, -0.25) is 4.79 Å². The van der Waals surface area contributed by atoms with Crippen molar-refractivity contribution in [3.63, 3.8) is 0 Å². The molecule has 90 valence electrons. The van der Waals surface area contributed by atoms with Crippen molar-refractivity contribution in [3.8, 4) is 0 Å². The summed E-state index contributed by atoms with van der Waals surface area (Å²) in [5.41, 5.74) is 2.98. The quantitative estimate of drug-likeness (QED) is 0.683. The van der Waals surface area contributed by atoms with E-state index in [9.17, 15) is 9.18 Å². The number of likely N-dealkylation sites (N-methyl/N-ethyl adjacent to an activating group) is 1. The van der Waals surface area contributed by atoms with Gasteiger partial charge in [0.05, 0.1) is 0 Å². The number of nitrogens with zero attached hydrogens (tertiary/aromatic N) is 1. The van der Waals surface area contributed by atoms with Gasteiger partial charge in [0.1, 0.15) is 5.82 Å². The van der Waals surface area contributed by atoms with Crippen LogP contribution in [0.25, 0.3) is 5.57 Å². The Hall–Kier alpha value is -1.64. The molecule has 0 radical (unpaired) electrons. The SMILES string of the molecule is CN(C)C(=O)/C=C1/CCCc2ccc(F)cc21. The van der Waals surface area contributed by atoms with E-state index in [1.54, 1.807) is 20.2 Å². The summed E-state index contributed by atoms with van der Waals surface area (Å²) in [5, 5.41) is 0. The van der Waals surface area contributed by atoms with Crippen LogP contribution in [0.15, 0.2) is 24.3 Å². The van der Waals surface area contributed by atoms with Crippen LogP contribution in [-0.2, 0) is 11.2 Å². The summed E-state index contributed by atoms with van der Waals surface area (Å²) in [4.78, 5) is 13.2. The summed E-state index contributed by atoms with van der Waals surface area (Å²) >= 11 is 0. The van der Waals surface area contributed by atoms with E-state index in [1.165, 1.54) is 17.0 Å². The predicted molar refractivity (Wildman–Crippen MR) is 66.0 cm³/mol. The van der Waals surface area contributed by atoms with Crippen molar-refractivity contribution >= 4 is 11.5 Å². The van der Waals surface area contributed by atoms with Crippen molar-refractivity contribution in [2.45, 2.75) is 19.3 Å². The van der Waals surface area contributed by atoms with Crippen LogP contribution in [0.5, 0.6) is 0 Å². The molecule has 3 heteroatoms. The van der Waals surface area contributed by atoms with E-state index >= 15 is 0 Å². The zero-order chi connectivity index (χ0) is 12.4. The fourth-order valence-electron chi connectivity index (χ4n) is 2.10. The molecule has 0 N–H and O–H groups in total. The van der Waals surface area contributed by atoms with E-state index in [4.69, 9.17) is 0 Å². The van der Waals surface area contributed by atoms with Gasteiger partial charge in [-0.2, -0.15) is 0 Å². The molecule has 0 spiro atoms. The molecule has 0 unspecified atom stereocenters. The monoisotopic (exact) mass is 233 g/mol. The summed E-state index contributed by atoms with van der Waals surface area (Å²) in [7, 11) is 3.43. The number of rotatable bonds is 1. The lowest BCUT2D eigenvalue weighted by atomic mass is 9.87. The van der Waals surface area contributed by atoms with Gasteiger partial charge in [0.15, 0.2) is 0 Å². The molecule has 0 atom stereocenters. The Balaban J connectivity index is 2.40. The molecule has 1 aliphatic carbocycles. The van der Waals surface area contributed by atoms with E-state index in [1.807, 2.05) is 6.07 Å². The topological polar surface area (TPSA) is 20.3 Å². The number of aryl methyl sites for hydroxylation is 1. The second kappa shape index (κ2) is 4.70. The molecular weight excluding hydrogens is 217 g/mol. The van der Waals surface area contributed by atoms with Gasteiger partial charge in [0, 0.05) is 20.2 Å². The van der Waals surface area contributed by atoms with E-state index in [2.05, 4.69) is 0 Å². The predicted octanol–water partition coefficient (Wildman–Crippen LogP) is 2.63. The molecule has 0 saturated heterocycles. The normalized spacial score (nSPS) is 16.8. The molecule has 0 bridgehead atoms. The average Bonchev–Trinajstić information content (AvgIpc) is 2.29. The number of fused-ring (bicyclic) bond motifs is 1. The summed E-state index contributed by atoms with van der Waals surface area (Å²) < 4.78 is 13.2. The highest BCUT2D eigenvalue weighted by molar-refractivity contribution is 5.95. The molecule has 0 fully saturated rings. The van der Waals surface area contributed by atoms with E-state index in [0.717, 1.165) is 36.0 Å². The van der Waals surface area contributed by atoms with Crippen LogP contribution in [0.2, 0.25) is 0 Å². The lowest BCUT2D eigenvalue weighted by Gasteiger charge is -2.19. The summed E-state index contributed by atoms with van der Waals surface area (Å²) in [6, 6.07) is 4.83. The lowest BCUT2D eigenvalue weighted by Crippen LogP contribution is -2.19. The van der Waals surface area contributed by atoms with Gasteiger partial charge >= 0.3 is 0 Å². The largest absolute Gasteiger partial charge is 0.345 e. The number of hydrogen-bond donors (Lipinski definition) is 0. The van der Waals surface area contributed by atoms with Gasteiger partial charge in [-0.1, -0.05) is 6.07 Å². The number of amides is 1. The van der Waals surface area contributed by atoms with Crippen LogP contribution in [0.1, 0.15) is 24.0 Å². The first-order chi connectivity index (χ1) is 8.08. The Morgan fingerprint density at radius 1 is 1.35 bits per heavy atom. The van der Waals surface area contributed by atoms with Gasteiger partial charge in [-0.15, -0.1) is 0 Å². The lowest BCUT2D eigenvalue weighted by molar-refractivity contribution is -0.123. The highest BCUT2D eigenvalue weighted by Gasteiger charge is 2.16. The molecule has 1 aromatic carbocycles. The maximum Gasteiger partial charge on any atom is 0.246 e. The fourth-order valence-corrected chi connectivity index (χ4v) is 2.10. The first-order valence-corrected chi connectivity index (χ1v) is 5.78. The third kappa shape index (κ3) is 2.54. The van der Waals surface area contributed by atoms with E-state index in [-0.39, 0.29) is 11.7 Å². The standard InChI is InChI=1S/C14H16FNO/c1-16(2)14(17)8-11-5-3-4-10-6-7-12(15)9-13(10)11/h6-9H,3-5H2,1-2H3/b11-8-. The molecule has 0 heterocycles. The zero-order valence-corrected chi connectivity index (χ0v) is 10.2. The molecule has 0 aliphatic heterocycles. The summed E-state index contributed by atoms with van der Waals surface area (Å²) in [6.07, 6.45) is 4.45. The Kier molecular flexibility index (Phi) is 3.27. The first-order valence-electron chi connectivity index (χ1n) is 5.78. The van der Waals surface area contributed by atoms with Crippen molar-refractivity contribution in [1.29, 1.82) is 0 Å². The molecule has 0 saturated carbocycles. The highest BCUT2D eigenvalue weighted by Crippen LogP contribution is 2.31. The third-order valence-electron chi connectivity index (χ3n) is 3.05. The number of carbonyl (C=O) groups excluding carboxylic acids is 1. The Morgan fingerprint density at radius 3 is 2.82 bits per heavy atom. The van der Waals surface area contributed by atoms with Crippen LogP contribution < -0.4 is 0 Å². The Bertz CT molecular complexity index is 477. The van der Waals surface area contributed by atoms with Crippen LogP contribution in [0.4, 0.5) is 4.39 Å². The second-order valence-electron chi connectivity index (χ2n) is 4.56. The van der Waals surface area contributed by atoms with Gasteiger partial charge in [-0.05, 0) is 48.1 Å². The zero-order valence-electron chi connectivity index (χ0n) is 10.2. The van der Waals surface area contributed by atoms with Gasteiger partial charge in [0.25, 0.3) is 0 Å². The smallest absolute Gasteiger partial charge is 0.246 e. The van der Waals surface area contributed by atoms with Crippen LogP contribution in [-0.4, -0.2) is 24.9 Å². The number of carbonyl (C=O) groups is 1. The van der Waals surface area contributed by atoms with Crippen LogP contribution in [0.3, 0.4) is 0 Å². The molecule has 17 heavy (non-hydrogen) atoms. The van der Waals surface area contributed by atoms with Crippen molar-refractivity contribution in [3.05, 3.63) is 41.2 Å². The van der Waals surface area contributed by atoms with Crippen molar-refractivity contribution in [2.75, 3.05) is 14.1 Å². The van der Waals surface area contributed by atoms with E-state index < -0.39 is 0 Å². The summed E-state index contributed by atoms with van der Waals surface area (Å²) in [6.45, 7) is 0. The highest BCUT2D eigenvalue weighted by atomic mass is 19.1. The van der Waals surface area contributed by atoms with Crippen molar-refractivity contribution in [1.82, 2.24) is 4.90 Å². The maximum absolute atomic E-state index is 13.2. The number of hydrogen-bond acceptors (Lipinski definition) is 1. The molecule has 1 aromatic rings. The average molecular weight is 233 g/mol. The molecule has 0 aromatic heterocycles. The van der Waals surface area contributed by atoms with Crippen molar-refractivity contribution < 1.29 is 9.18 Å². The third-order valence-corrected chi connectivity index (χ3v) is 3.05. The van der Waals surface area contributed by atoms with Crippen molar-refractivity contribution in [2.24, 2.45) is 0 Å². The minimum Gasteiger partial charge on any atom is -0.345 e. The molecule has 2 nitrogen and oxygen atoms in total. The minimum absolute atomic E-state index is 0.0443. The summed E-state index contributed by atoms with van der Waals surface area (Å²) in [5.74, 6) is -0.286. The number of allylic oxidation sites excluding steroid dienone is 1. The Labute approximate surface area is 101 Å².